The first-order valence-electron chi connectivity index (χ1n) is 10.1. The van der Waals surface area contributed by atoms with Crippen molar-refractivity contribution >= 4 is 5.90 Å². The van der Waals surface area contributed by atoms with Crippen molar-refractivity contribution in [3.05, 3.63) is 64.7 Å². The maximum absolute atomic E-state index is 10.5. The van der Waals surface area contributed by atoms with Gasteiger partial charge in [0.1, 0.15) is 11.9 Å². The molecule has 2 aromatic carbocycles. The molecule has 2 fully saturated rings. The van der Waals surface area contributed by atoms with Gasteiger partial charge < -0.3 is 14.2 Å². The summed E-state index contributed by atoms with van der Waals surface area (Å²) in [4.78, 5) is 0. The number of nitriles is 3. The van der Waals surface area contributed by atoms with Crippen LogP contribution in [0.15, 0.2) is 42.5 Å². The van der Waals surface area contributed by atoms with E-state index in [0.29, 0.717) is 16.9 Å². The summed E-state index contributed by atoms with van der Waals surface area (Å²) in [6.45, 7) is 5.43. The highest BCUT2D eigenvalue weighted by Crippen LogP contribution is 2.69. The van der Waals surface area contributed by atoms with Crippen molar-refractivity contribution in [1.82, 2.24) is 0 Å². The maximum atomic E-state index is 10.5. The summed E-state index contributed by atoms with van der Waals surface area (Å²) in [6.07, 6.45) is -1.08. The molecule has 160 valence electrons. The molecule has 2 aliphatic heterocycles. The van der Waals surface area contributed by atoms with Crippen LogP contribution in [0.5, 0.6) is 5.75 Å². The van der Waals surface area contributed by atoms with Gasteiger partial charge in [0, 0.05) is 6.92 Å². The topological polar surface area (TPSA) is 123 Å². The lowest BCUT2D eigenvalue weighted by atomic mass is 9.52. The summed E-state index contributed by atoms with van der Waals surface area (Å²) >= 11 is 0. The van der Waals surface area contributed by atoms with Gasteiger partial charge in [-0.1, -0.05) is 35.9 Å². The monoisotopic (exact) mass is 426 g/mol. The summed E-state index contributed by atoms with van der Waals surface area (Å²) in [6, 6.07) is 19.0. The Morgan fingerprint density at radius 1 is 1.00 bits per heavy atom. The lowest BCUT2D eigenvalue weighted by molar-refractivity contribution is -0.253. The highest BCUT2D eigenvalue weighted by atomic mass is 16.7. The van der Waals surface area contributed by atoms with Crippen molar-refractivity contribution < 1.29 is 14.2 Å². The van der Waals surface area contributed by atoms with Gasteiger partial charge in [0.15, 0.2) is 5.41 Å². The van der Waals surface area contributed by atoms with E-state index in [1.54, 1.807) is 38.3 Å². The van der Waals surface area contributed by atoms with Gasteiger partial charge >= 0.3 is 0 Å². The summed E-state index contributed by atoms with van der Waals surface area (Å²) in [5.74, 6) is -2.12. The normalized spacial score (nSPS) is 29.8. The molecule has 2 aliphatic rings. The van der Waals surface area contributed by atoms with Crippen molar-refractivity contribution in [3.8, 4) is 24.0 Å². The van der Waals surface area contributed by atoms with Crippen LogP contribution in [-0.4, -0.2) is 18.8 Å². The van der Waals surface area contributed by atoms with Gasteiger partial charge in [0.05, 0.1) is 31.2 Å². The number of rotatable bonds is 3. The zero-order chi connectivity index (χ0) is 23.3. The zero-order valence-corrected chi connectivity index (χ0v) is 18.3. The van der Waals surface area contributed by atoms with Gasteiger partial charge in [0.2, 0.25) is 17.1 Å². The Morgan fingerprint density at radius 2 is 1.66 bits per heavy atom. The van der Waals surface area contributed by atoms with Gasteiger partial charge in [-0.2, -0.15) is 15.8 Å². The molecule has 2 aromatic rings. The van der Waals surface area contributed by atoms with Crippen LogP contribution in [0.25, 0.3) is 0 Å². The van der Waals surface area contributed by atoms with Crippen LogP contribution < -0.4 is 4.74 Å². The Balaban J connectivity index is 2.03. The molecule has 0 amide bonds. The van der Waals surface area contributed by atoms with E-state index in [2.05, 4.69) is 18.2 Å². The fraction of sp³-hybridized carbons (Fsp3) is 0.360. The highest BCUT2D eigenvalue weighted by molar-refractivity contribution is 5.90. The van der Waals surface area contributed by atoms with Crippen molar-refractivity contribution in [3.63, 3.8) is 0 Å². The maximum Gasteiger partial charge on any atom is 0.218 e. The van der Waals surface area contributed by atoms with Gasteiger partial charge in [0.25, 0.3) is 0 Å². The molecule has 0 aromatic heterocycles. The first-order valence-corrected chi connectivity index (χ1v) is 10.1. The second-order valence-corrected chi connectivity index (χ2v) is 8.46. The number of benzene rings is 2. The third-order valence-corrected chi connectivity index (χ3v) is 6.68. The quantitative estimate of drug-likeness (QED) is 0.774. The minimum absolute atomic E-state index is 0.431. The van der Waals surface area contributed by atoms with Crippen LogP contribution in [0.3, 0.4) is 0 Å². The molecule has 2 saturated heterocycles. The minimum Gasteiger partial charge on any atom is -0.497 e. The third-order valence-electron chi connectivity index (χ3n) is 6.68. The lowest BCUT2D eigenvalue weighted by Crippen LogP contribution is -2.57. The Hall–Kier alpha value is -3.86. The summed E-state index contributed by atoms with van der Waals surface area (Å²) in [5.41, 5.74) is -0.898. The van der Waals surface area contributed by atoms with E-state index >= 15 is 0 Å². The molecule has 0 spiro atoms. The fourth-order valence-corrected chi connectivity index (χ4v) is 5.10. The van der Waals surface area contributed by atoms with E-state index in [0.717, 1.165) is 11.1 Å². The van der Waals surface area contributed by atoms with Crippen molar-refractivity contribution in [2.45, 2.75) is 38.6 Å². The second kappa shape index (κ2) is 7.09. The van der Waals surface area contributed by atoms with Crippen LogP contribution in [0, 0.1) is 64.1 Å². The van der Waals surface area contributed by atoms with Gasteiger partial charge in [-0.05, 0) is 42.7 Å². The molecule has 0 radical (unpaired) electrons. The standard InChI is InChI=1S/C25H22N4O3/c1-15-5-6-16(2)19(11-15)21-24(12-26,13-27)25(14-28)20(23(3,31-21)32-22(25)29)17-7-9-18(30-4)10-8-17/h5-11,20-21,29H,1-4H3. The van der Waals surface area contributed by atoms with Crippen LogP contribution in [0.1, 0.15) is 41.2 Å². The molecule has 0 saturated carbocycles. The largest absolute Gasteiger partial charge is 0.497 e. The van der Waals surface area contributed by atoms with Crippen LogP contribution in [0.4, 0.5) is 0 Å². The summed E-state index contributed by atoms with van der Waals surface area (Å²) in [5, 5.41) is 40.0. The molecule has 7 heteroatoms. The fourth-order valence-electron chi connectivity index (χ4n) is 5.10. The molecule has 2 heterocycles. The number of hydrogen-bond donors (Lipinski definition) is 1. The zero-order valence-electron chi connectivity index (χ0n) is 18.3. The van der Waals surface area contributed by atoms with Gasteiger partial charge in [-0.25, -0.2) is 0 Å². The van der Waals surface area contributed by atoms with Gasteiger partial charge in [-0.3, -0.25) is 5.41 Å². The average molecular weight is 426 g/mol. The summed E-state index contributed by atoms with van der Waals surface area (Å²) in [7, 11) is 1.55. The Kier molecular flexibility index (Phi) is 4.74. The molecule has 0 aliphatic carbocycles. The van der Waals surface area contributed by atoms with Crippen molar-refractivity contribution in [2.75, 3.05) is 7.11 Å². The number of ether oxygens (including phenoxy) is 3. The van der Waals surface area contributed by atoms with E-state index in [1.807, 2.05) is 32.0 Å². The average Bonchev–Trinajstić information content (AvgIpc) is 2.98. The molecule has 32 heavy (non-hydrogen) atoms. The van der Waals surface area contributed by atoms with E-state index < -0.39 is 34.5 Å². The minimum atomic E-state index is -2.02. The van der Waals surface area contributed by atoms with E-state index in [4.69, 9.17) is 19.6 Å². The number of methoxy groups -OCH3 is 1. The highest BCUT2D eigenvalue weighted by Gasteiger charge is 2.79. The molecule has 2 bridgehead atoms. The number of nitrogens with zero attached hydrogens (tertiary/aromatic N) is 3. The number of fused-ring (bicyclic) bond motifs is 2. The molecule has 4 rings (SSSR count). The SMILES string of the molecule is COc1ccc(C2C3(C)OC(=N)C2(C#N)C(C#N)(C#N)C(c2cc(C)ccc2C)O3)cc1. The molecule has 1 N–H and O–H groups in total. The predicted octanol–water partition coefficient (Wildman–Crippen LogP) is 4.43. The van der Waals surface area contributed by atoms with Crippen LogP contribution in [0.2, 0.25) is 0 Å². The molecule has 4 unspecified atom stereocenters. The van der Waals surface area contributed by atoms with Gasteiger partial charge in [-0.15, -0.1) is 0 Å². The predicted molar refractivity (Wildman–Crippen MR) is 114 cm³/mol. The lowest BCUT2D eigenvalue weighted by Gasteiger charge is -2.49. The molecule has 4 atom stereocenters. The second-order valence-electron chi connectivity index (χ2n) is 8.46. The molecular formula is C25H22N4O3. The third kappa shape index (κ3) is 2.51. The van der Waals surface area contributed by atoms with Crippen molar-refractivity contribution in [1.29, 1.82) is 21.2 Å². The number of nitrogens with one attached hydrogen (secondary N) is 1. The van der Waals surface area contributed by atoms with Crippen LogP contribution >= 0.6 is 0 Å². The first-order chi connectivity index (χ1) is 15.2. The molecular weight excluding hydrogens is 404 g/mol. The van der Waals surface area contributed by atoms with E-state index in [9.17, 15) is 15.8 Å². The Labute approximate surface area is 186 Å². The Bertz CT molecular complexity index is 1220. The first kappa shape index (κ1) is 21.4. The van der Waals surface area contributed by atoms with Crippen molar-refractivity contribution in [2.24, 2.45) is 10.8 Å². The smallest absolute Gasteiger partial charge is 0.218 e. The van der Waals surface area contributed by atoms with E-state index in [-0.39, 0.29) is 0 Å². The van der Waals surface area contributed by atoms with Crippen LogP contribution in [-0.2, 0) is 9.47 Å². The number of aryl methyl sites for hydroxylation is 2. The number of hydrogen-bond acceptors (Lipinski definition) is 7. The summed E-state index contributed by atoms with van der Waals surface area (Å²) < 4.78 is 17.5. The Morgan fingerprint density at radius 3 is 2.22 bits per heavy atom. The molecule has 7 nitrogen and oxygen atoms in total. The van der Waals surface area contributed by atoms with E-state index in [1.165, 1.54) is 0 Å².